The fourth-order valence-electron chi connectivity index (χ4n) is 3.43. The van der Waals surface area contributed by atoms with Crippen molar-refractivity contribution < 1.29 is 9.53 Å². The highest BCUT2D eigenvalue weighted by molar-refractivity contribution is 5.73. The lowest BCUT2D eigenvalue weighted by atomic mass is 9.88. The second kappa shape index (κ2) is 6.13. The maximum Gasteiger partial charge on any atom is 0.228 e. The molecule has 2 aromatic rings. The fraction of sp³-hybridized carbons (Fsp3) is 0.250. The normalized spacial score (nSPS) is 18.7. The third-order valence-electron chi connectivity index (χ3n) is 4.81. The summed E-state index contributed by atoms with van der Waals surface area (Å²) in [6.07, 6.45) is 6.94. The molecule has 2 aliphatic heterocycles. The largest absolute Gasteiger partial charge is 0.482 e. The molecule has 0 aliphatic carbocycles. The van der Waals surface area contributed by atoms with Crippen molar-refractivity contribution >= 4 is 18.2 Å². The number of hydrogen-bond acceptors (Lipinski definition) is 3. The van der Waals surface area contributed by atoms with Gasteiger partial charge in [-0.3, -0.25) is 4.79 Å². The zero-order valence-electron chi connectivity index (χ0n) is 13.5. The first-order valence-electron chi connectivity index (χ1n) is 8.31. The molecule has 4 heteroatoms. The Morgan fingerprint density at radius 3 is 2.46 bits per heavy atom. The molecule has 2 heterocycles. The molecule has 1 amide bonds. The average Bonchev–Trinajstić information content (AvgIpc) is 2.65. The third kappa shape index (κ3) is 2.69. The number of piperidine rings is 1. The highest BCUT2D eigenvalue weighted by atomic mass is 16.5. The van der Waals surface area contributed by atoms with Gasteiger partial charge in [0.15, 0.2) is 0 Å². The van der Waals surface area contributed by atoms with Gasteiger partial charge in [-0.25, -0.2) is 10.0 Å². The topological polar surface area (TPSA) is 32.8 Å². The van der Waals surface area contributed by atoms with Crippen LogP contribution in [0.25, 0.3) is 6.08 Å². The summed E-state index contributed by atoms with van der Waals surface area (Å²) < 4.78 is 6.31. The van der Waals surface area contributed by atoms with Gasteiger partial charge in [-0.05, 0) is 24.3 Å². The molecule has 0 saturated carbocycles. The van der Waals surface area contributed by atoms with Crippen molar-refractivity contribution in [2.24, 2.45) is 0 Å². The Morgan fingerprint density at radius 1 is 1.00 bits per heavy atom. The van der Waals surface area contributed by atoms with E-state index >= 15 is 0 Å². The van der Waals surface area contributed by atoms with Gasteiger partial charge in [0.1, 0.15) is 11.4 Å². The highest BCUT2D eigenvalue weighted by Gasteiger charge is 2.38. The van der Waals surface area contributed by atoms with E-state index in [1.165, 1.54) is 0 Å². The quantitative estimate of drug-likeness (QED) is 0.812. The molecule has 122 valence electrons. The van der Waals surface area contributed by atoms with E-state index in [2.05, 4.69) is 23.2 Å². The van der Waals surface area contributed by atoms with E-state index in [1.807, 2.05) is 48.5 Å². The first-order valence-corrected chi connectivity index (χ1v) is 8.31. The number of ether oxygens (including phenoxy) is 1. The zero-order valence-corrected chi connectivity index (χ0v) is 13.5. The Hall–Kier alpha value is -2.59. The molecule has 0 atom stereocenters. The standard InChI is InChI=1S/C20H20N2O2/c23-16-22(18-7-2-1-3-8-18)21-14-12-20(13-15-21)11-10-17-6-4-5-9-19(17)24-20/h1-11,16H,12-15H2. The van der Waals surface area contributed by atoms with E-state index in [9.17, 15) is 4.79 Å². The van der Waals surface area contributed by atoms with Crippen LogP contribution in [-0.4, -0.2) is 30.1 Å². The van der Waals surface area contributed by atoms with Crippen molar-refractivity contribution in [1.29, 1.82) is 0 Å². The second-order valence-electron chi connectivity index (χ2n) is 6.28. The van der Waals surface area contributed by atoms with Crippen LogP contribution < -0.4 is 9.75 Å². The van der Waals surface area contributed by atoms with Crippen molar-refractivity contribution in [3.05, 3.63) is 66.2 Å². The first kappa shape index (κ1) is 15.0. The second-order valence-corrected chi connectivity index (χ2v) is 6.28. The molecule has 1 spiro atoms. The molecule has 1 saturated heterocycles. The number of rotatable bonds is 3. The minimum Gasteiger partial charge on any atom is -0.482 e. The van der Waals surface area contributed by atoms with Gasteiger partial charge >= 0.3 is 0 Å². The summed E-state index contributed by atoms with van der Waals surface area (Å²) in [4.78, 5) is 11.6. The summed E-state index contributed by atoms with van der Waals surface area (Å²) in [6.45, 7) is 1.56. The number of anilines is 1. The minimum absolute atomic E-state index is 0.254. The maximum atomic E-state index is 11.6. The van der Waals surface area contributed by atoms with E-state index < -0.39 is 0 Å². The van der Waals surface area contributed by atoms with Crippen molar-refractivity contribution in [2.45, 2.75) is 18.4 Å². The van der Waals surface area contributed by atoms with Crippen LogP contribution in [-0.2, 0) is 4.79 Å². The number of benzene rings is 2. The lowest BCUT2D eigenvalue weighted by Crippen LogP contribution is -2.53. The Bertz CT molecular complexity index is 749. The van der Waals surface area contributed by atoms with E-state index in [-0.39, 0.29) is 5.60 Å². The fourth-order valence-corrected chi connectivity index (χ4v) is 3.43. The van der Waals surface area contributed by atoms with Gasteiger partial charge in [0.05, 0.1) is 5.69 Å². The molecule has 24 heavy (non-hydrogen) atoms. The van der Waals surface area contributed by atoms with Gasteiger partial charge in [0.2, 0.25) is 6.41 Å². The van der Waals surface area contributed by atoms with Crippen molar-refractivity contribution in [1.82, 2.24) is 5.01 Å². The number of hydrogen-bond donors (Lipinski definition) is 0. The molecular weight excluding hydrogens is 300 g/mol. The van der Waals surface area contributed by atoms with Crippen LogP contribution in [0.3, 0.4) is 0 Å². The molecular formula is C20H20N2O2. The highest BCUT2D eigenvalue weighted by Crippen LogP contribution is 2.37. The van der Waals surface area contributed by atoms with Crippen LogP contribution in [0.15, 0.2) is 60.7 Å². The smallest absolute Gasteiger partial charge is 0.228 e. The van der Waals surface area contributed by atoms with Crippen molar-refractivity contribution in [2.75, 3.05) is 18.1 Å². The lowest BCUT2D eigenvalue weighted by molar-refractivity contribution is -0.111. The molecule has 0 aromatic heterocycles. The third-order valence-corrected chi connectivity index (χ3v) is 4.81. The molecule has 4 rings (SSSR count). The molecule has 0 unspecified atom stereocenters. The molecule has 1 fully saturated rings. The summed E-state index contributed by atoms with van der Waals surface area (Å²) in [6, 6.07) is 17.9. The Kier molecular flexibility index (Phi) is 3.82. The summed E-state index contributed by atoms with van der Waals surface area (Å²) in [5, 5.41) is 3.79. The Labute approximate surface area is 141 Å². The van der Waals surface area contributed by atoms with Gasteiger partial charge in [-0.15, -0.1) is 0 Å². The SMILES string of the molecule is O=CN(c1ccccc1)N1CCC2(C=Cc3ccccc3O2)CC1. The van der Waals surface area contributed by atoms with Crippen molar-refractivity contribution in [3.63, 3.8) is 0 Å². The van der Waals surface area contributed by atoms with Crippen LogP contribution in [0.5, 0.6) is 5.75 Å². The van der Waals surface area contributed by atoms with Crippen LogP contribution in [0, 0.1) is 0 Å². The average molecular weight is 320 g/mol. The molecule has 4 nitrogen and oxygen atoms in total. The number of carbonyl (C=O) groups excluding carboxylic acids is 1. The number of nitrogens with zero attached hydrogens (tertiary/aromatic N) is 2. The summed E-state index contributed by atoms with van der Waals surface area (Å²) >= 11 is 0. The van der Waals surface area contributed by atoms with E-state index in [4.69, 9.17) is 4.74 Å². The predicted octanol–water partition coefficient (Wildman–Crippen LogP) is 3.50. The van der Waals surface area contributed by atoms with E-state index in [1.54, 1.807) is 5.01 Å². The zero-order chi connectivity index (χ0) is 16.4. The number of hydrazine groups is 1. The van der Waals surface area contributed by atoms with Gasteiger partial charge in [-0.2, -0.15) is 0 Å². The van der Waals surface area contributed by atoms with Gasteiger partial charge in [0, 0.05) is 31.5 Å². The summed E-state index contributed by atoms with van der Waals surface area (Å²) in [5.74, 6) is 0.948. The molecule has 2 aromatic carbocycles. The minimum atomic E-state index is -0.254. The number of carbonyl (C=O) groups is 1. The van der Waals surface area contributed by atoms with Crippen LogP contribution in [0.2, 0.25) is 0 Å². The van der Waals surface area contributed by atoms with Crippen molar-refractivity contribution in [3.8, 4) is 5.75 Å². The van der Waals surface area contributed by atoms with E-state index in [0.29, 0.717) is 0 Å². The van der Waals surface area contributed by atoms with Crippen LogP contribution >= 0.6 is 0 Å². The Balaban J connectivity index is 1.49. The summed E-state index contributed by atoms with van der Waals surface area (Å²) in [7, 11) is 0. The molecule has 0 N–H and O–H groups in total. The predicted molar refractivity (Wildman–Crippen MR) is 94.6 cm³/mol. The first-order chi connectivity index (χ1) is 11.8. The number of amides is 1. The summed E-state index contributed by atoms with van der Waals surface area (Å²) in [5.41, 5.74) is 1.77. The Morgan fingerprint density at radius 2 is 1.71 bits per heavy atom. The number of para-hydroxylation sites is 2. The van der Waals surface area contributed by atoms with Crippen LogP contribution in [0.1, 0.15) is 18.4 Å². The van der Waals surface area contributed by atoms with Gasteiger partial charge in [0.25, 0.3) is 0 Å². The lowest BCUT2D eigenvalue weighted by Gasteiger charge is -2.44. The van der Waals surface area contributed by atoms with E-state index in [0.717, 1.165) is 49.3 Å². The monoisotopic (exact) mass is 320 g/mol. The number of fused-ring (bicyclic) bond motifs is 1. The molecule has 2 aliphatic rings. The van der Waals surface area contributed by atoms with Crippen LogP contribution in [0.4, 0.5) is 5.69 Å². The van der Waals surface area contributed by atoms with Gasteiger partial charge < -0.3 is 4.74 Å². The maximum absolute atomic E-state index is 11.6. The molecule has 0 radical (unpaired) electrons. The van der Waals surface area contributed by atoms with Gasteiger partial charge in [-0.1, -0.05) is 42.5 Å². The molecule has 0 bridgehead atoms.